The molecule has 1 N–H and O–H groups in total. The third-order valence-corrected chi connectivity index (χ3v) is 6.16. The first kappa shape index (κ1) is 22.3. The largest absolute Gasteiger partial charge is 0.416 e. The maximum atomic E-state index is 13.5. The fourth-order valence-electron chi connectivity index (χ4n) is 4.35. The second-order valence-electron chi connectivity index (χ2n) is 8.58. The molecule has 1 aliphatic carbocycles. The van der Waals surface area contributed by atoms with Crippen LogP contribution < -0.4 is 10.2 Å². The number of nitrogens with zero attached hydrogens (tertiary/aromatic N) is 2. The highest BCUT2D eigenvalue weighted by molar-refractivity contribution is 6.04. The van der Waals surface area contributed by atoms with Crippen LogP contribution in [-0.2, 0) is 15.8 Å². The van der Waals surface area contributed by atoms with Crippen molar-refractivity contribution in [1.29, 1.82) is 0 Å². The van der Waals surface area contributed by atoms with E-state index >= 15 is 0 Å². The highest BCUT2D eigenvalue weighted by atomic mass is 19.4. The van der Waals surface area contributed by atoms with E-state index in [1.807, 2.05) is 24.8 Å². The average Bonchev–Trinajstić information content (AvgIpc) is 3.58. The van der Waals surface area contributed by atoms with Crippen LogP contribution in [0.15, 0.2) is 48.5 Å². The summed E-state index contributed by atoms with van der Waals surface area (Å²) in [6.45, 7) is 3.73. The lowest BCUT2D eigenvalue weighted by atomic mass is 10.0. The number of amides is 2. The van der Waals surface area contributed by atoms with E-state index in [2.05, 4.69) is 5.32 Å². The molecule has 0 saturated heterocycles. The van der Waals surface area contributed by atoms with Gasteiger partial charge in [0.15, 0.2) is 0 Å². The number of benzene rings is 2. The van der Waals surface area contributed by atoms with Crippen LogP contribution in [0.4, 0.5) is 24.5 Å². The molecule has 0 bridgehead atoms. The number of carbonyl (C=O) groups excluding carboxylic acids is 2. The van der Waals surface area contributed by atoms with Crippen molar-refractivity contribution < 1.29 is 22.8 Å². The van der Waals surface area contributed by atoms with Crippen molar-refractivity contribution in [2.45, 2.75) is 57.4 Å². The molecule has 1 saturated carbocycles. The van der Waals surface area contributed by atoms with E-state index in [0.29, 0.717) is 16.9 Å². The predicted molar refractivity (Wildman–Crippen MR) is 116 cm³/mol. The highest BCUT2D eigenvalue weighted by Crippen LogP contribution is 2.37. The summed E-state index contributed by atoms with van der Waals surface area (Å²) >= 11 is 0. The second kappa shape index (κ2) is 8.58. The summed E-state index contributed by atoms with van der Waals surface area (Å²) < 4.78 is 39.6. The van der Waals surface area contributed by atoms with Crippen molar-refractivity contribution in [2.75, 3.05) is 16.8 Å². The summed E-state index contributed by atoms with van der Waals surface area (Å²) in [5.41, 5.74) is 1.06. The fraction of sp³-hybridized carbons (Fsp3) is 0.417. The van der Waals surface area contributed by atoms with Gasteiger partial charge < -0.3 is 10.2 Å². The Bertz CT molecular complexity index is 1020. The summed E-state index contributed by atoms with van der Waals surface area (Å²) in [6, 6.07) is 11.9. The fourth-order valence-corrected chi connectivity index (χ4v) is 4.35. The van der Waals surface area contributed by atoms with Crippen LogP contribution in [0.2, 0.25) is 0 Å². The summed E-state index contributed by atoms with van der Waals surface area (Å²) in [7, 11) is 0. The van der Waals surface area contributed by atoms with Crippen LogP contribution in [0.25, 0.3) is 0 Å². The maximum Gasteiger partial charge on any atom is 0.416 e. The van der Waals surface area contributed by atoms with E-state index in [-0.39, 0.29) is 42.9 Å². The van der Waals surface area contributed by atoms with Gasteiger partial charge in [-0.1, -0.05) is 24.3 Å². The number of alkyl halides is 3. The van der Waals surface area contributed by atoms with Gasteiger partial charge in [-0.2, -0.15) is 13.2 Å². The van der Waals surface area contributed by atoms with E-state index in [4.69, 9.17) is 0 Å². The number of rotatable bonds is 5. The molecule has 1 aliphatic heterocycles. The predicted octanol–water partition coefficient (Wildman–Crippen LogP) is 4.99. The van der Waals surface area contributed by atoms with E-state index < -0.39 is 11.7 Å². The molecule has 2 aliphatic rings. The van der Waals surface area contributed by atoms with Gasteiger partial charge in [0.1, 0.15) is 0 Å². The number of para-hydroxylation sites is 2. The minimum atomic E-state index is -4.42. The molecular weight excluding hydrogens is 419 g/mol. The summed E-state index contributed by atoms with van der Waals surface area (Å²) in [4.78, 5) is 29.3. The molecule has 2 amide bonds. The third kappa shape index (κ3) is 4.65. The van der Waals surface area contributed by atoms with Gasteiger partial charge in [0.05, 0.1) is 23.5 Å². The standard InChI is InChI=1S/C24H26F3N3O2/c1-15-12-22(31)28-20-8-3-4-9-21(20)30(15)23(32)14-29(19-10-11-19)16(2)17-6-5-7-18(13-17)24(25,26)27/h3-9,13,15-16,19H,10-12,14H2,1-2H3,(H,28,31). The van der Waals surface area contributed by atoms with Crippen molar-refractivity contribution in [3.63, 3.8) is 0 Å². The number of halogens is 3. The number of hydrogen-bond donors (Lipinski definition) is 1. The van der Waals surface area contributed by atoms with E-state index in [0.717, 1.165) is 25.0 Å². The first-order valence-corrected chi connectivity index (χ1v) is 10.8. The number of hydrogen-bond acceptors (Lipinski definition) is 3. The lowest BCUT2D eigenvalue weighted by Crippen LogP contribution is -2.46. The molecule has 5 nitrogen and oxygen atoms in total. The van der Waals surface area contributed by atoms with Gasteiger partial charge in [0.25, 0.3) is 0 Å². The number of fused-ring (bicyclic) bond motifs is 1. The monoisotopic (exact) mass is 445 g/mol. The zero-order chi connectivity index (χ0) is 23.0. The Morgan fingerprint density at radius 1 is 1.19 bits per heavy atom. The lowest BCUT2D eigenvalue weighted by molar-refractivity contribution is -0.137. The molecule has 170 valence electrons. The molecule has 0 aromatic heterocycles. The molecule has 2 unspecified atom stereocenters. The molecular formula is C24H26F3N3O2. The maximum absolute atomic E-state index is 13.5. The Balaban J connectivity index is 1.60. The zero-order valence-corrected chi connectivity index (χ0v) is 18.0. The van der Waals surface area contributed by atoms with Crippen molar-refractivity contribution in [3.8, 4) is 0 Å². The van der Waals surface area contributed by atoms with E-state index in [1.54, 1.807) is 29.2 Å². The molecule has 0 radical (unpaired) electrons. The lowest BCUT2D eigenvalue weighted by Gasteiger charge is -2.34. The normalized spacial score (nSPS) is 19.9. The minimum absolute atomic E-state index is 0.0644. The van der Waals surface area contributed by atoms with Crippen molar-refractivity contribution in [2.24, 2.45) is 0 Å². The van der Waals surface area contributed by atoms with Gasteiger partial charge in [-0.25, -0.2) is 0 Å². The molecule has 2 atom stereocenters. The van der Waals surface area contributed by atoms with Crippen LogP contribution in [0.3, 0.4) is 0 Å². The molecule has 8 heteroatoms. The summed E-state index contributed by atoms with van der Waals surface area (Å²) in [5, 5.41) is 2.84. The van der Waals surface area contributed by atoms with E-state index in [1.165, 1.54) is 6.07 Å². The number of anilines is 2. The molecule has 0 spiro atoms. The summed E-state index contributed by atoms with van der Waals surface area (Å²) in [5.74, 6) is -0.330. The highest BCUT2D eigenvalue weighted by Gasteiger charge is 2.38. The quantitative estimate of drug-likeness (QED) is 0.705. The van der Waals surface area contributed by atoms with Crippen LogP contribution in [0.1, 0.15) is 50.3 Å². The van der Waals surface area contributed by atoms with E-state index in [9.17, 15) is 22.8 Å². The zero-order valence-electron chi connectivity index (χ0n) is 18.0. The van der Waals surface area contributed by atoms with Crippen molar-refractivity contribution >= 4 is 23.2 Å². The topological polar surface area (TPSA) is 52.7 Å². The molecule has 1 heterocycles. The second-order valence-corrected chi connectivity index (χ2v) is 8.58. The van der Waals surface area contributed by atoms with Gasteiger partial charge in [-0.05, 0) is 56.5 Å². The smallest absolute Gasteiger partial charge is 0.324 e. The Morgan fingerprint density at radius 3 is 2.59 bits per heavy atom. The van der Waals surface area contributed by atoms with Crippen LogP contribution in [-0.4, -0.2) is 35.3 Å². The molecule has 1 fully saturated rings. The Hall–Kier alpha value is -2.87. The van der Waals surface area contributed by atoms with Crippen molar-refractivity contribution in [3.05, 3.63) is 59.7 Å². The number of carbonyl (C=O) groups is 2. The van der Waals surface area contributed by atoms with Crippen LogP contribution in [0, 0.1) is 0 Å². The molecule has 4 rings (SSSR count). The Labute approximate surface area is 185 Å². The van der Waals surface area contributed by atoms with Crippen LogP contribution >= 0.6 is 0 Å². The molecule has 32 heavy (non-hydrogen) atoms. The van der Waals surface area contributed by atoms with Gasteiger partial charge in [-0.3, -0.25) is 14.5 Å². The van der Waals surface area contributed by atoms with Gasteiger partial charge >= 0.3 is 6.18 Å². The minimum Gasteiger partial charge on any atom is -0.324 e. The van der Waals surface area contributed by atoms with Crippen molar-refractivity contribution in [1.82, 2.24) is 4.90 Å². The van der Waals surface area contributed by atoms with Gasteiger partial charge in [-0.15, -0.1) is 0 Å². The van der Waals surface area contributed by atoms with Gasteiger partial charge in [0.2, 0.25) is 11.8 Å². The van der Waals surface area contributed by atoms with Crippen LogP contribution in [0.5, 0.6) is 0 Å². The first-order valence-electron chi connectivity index (χ1n) is 10.8. The first-order chi connectivity index (χ1) is 15.1. The molecule has 2 aromatic rings. The Kier molecular flexibility index (Phi) is 5.99. The SMILES string of the molecule is CC1CC(=O)Nc2ccccc2N1C(=O)CN(C1CC1)C(C)c1cccc(C(F)(F)F)c1. The molecule has 2 aromatic carbocycles. The summed E-state index contributed by atoms with van der Waals surface area (Å²) in [6.07, 6.45) is -2.43. The average molecular weight is 445 g/mol. The number of nitrogens with one attached hydrogen (secondary N) is 1. The Morgan fingerprint density at radius 2 is 1.91 bits per heavy atom. The third-order valence-electron chi connectivity index (χ3n) is 6.16. The van der Waals surface area contributed by atoms with Gasteiger partial charge in [0, 0.05) is 24.5 Å².